The summed E-state index contributed by atoms with van der Waals surface area (Å²) in [4.78, 5) is 12.5. The number of carbonyl (C=O) groups is 1. The summed E-state index contributed by atoms with van der Waals surface area (Å²) in [5, 5.41) is 21.7. The van der Waals surface area contributed by atoms with Gasteiger partial charge in [0.2, 0.25) is 0 Å². The maximum Gasteiger partial charge on any atom is 0.155 e. The molecule has 2 unspecified atom stereocenters. The van der Waals surface area contributed by atoms with Crippen LogP contribution >= 0.6 is 0 Å². The number of ketones is 1. The molecule has 122 valence electrons. The van der Waals surface area contributed by atoms with E-state index in [0.29, 0.717) is 25.7 Å². The summed E-state index contributed by atoms with van der Waals surface area (Å²) in [7, 11) is 0. The van der Waals surface area contributed by atoms with Crippen LogP contribution < -0.4 is 0 Å². The molecule has 0 aliphatic heterocycles. The van der Waals surface area contributed by atoms with E-state index in [1.165, 1.54) is 6.92 Å². The van der Waals surface area contributed by atoms with Crippen molar-refractivity contribution in [3.8, 4) is 0 Å². The molecule has 8 atom stereocenters. The molecule has 3 saturated carbocycles. The standard InChI is InChI=1S/C19H28O3/c1-18-7-5-11(20)9-15(18)16(21)10-12-13-3-4-17(22)19(13,2)8-6-14(12)18/h9,12-14,16-17,21-22H,3-8,10H2,1-2H3/t12-,13-,14-,16?,17-,18+,19-/m0/s1/i5D2,7D2,9D,10D,16D/t10?,12-,13-,14-,16?,17-,18+,19-. The zero-order chi connectivity index (χ0) is 21.9. The molecule has 3 fully saturated rings. The number of hydrogen-bond acceptors (Lipinski definition) is 3. The summed E-state index contributed by atoms with van der Waals surface area (Å²) >= 11 is 0. The average Bonchev–Trinajstić information content (AvgIpc) is 2.92. The molecule has 0 aromatic rings. The Labute approximate surface area is 142 Å². The summed E-state index contributed by atoms with van der Waals surface area (Å²) in [5.74, 6) is -2.87. The third-order valence-corrected chi connectivity index (χ3v) is 6.82. The predicted octanol–water partition coefficient (Wildman–Crippen LogP) is 2.85. The van der Waals surface area contributed by atoms with Crippen molar-refractivity contribution < 1.29 is 24.6 Å². The maximum absolute atomic E-state index is 12.5. The number of hydrogen-bond donors (Lipinski definition) is 2. The molecule has 0 bridgehead atoms. The van der Waals surface area contributed by atoms with E-state index in [4.69, 9.17) is 9.60 Å². The van der Waals surface area contributed by atoms with Crippen LogP contribution in [0.25, 0.3) is 0 Å². The first-order valence-electron chi connectivity index (χ1n) is 11.7. The van der Waals surface area contributed by atoms with Crippen LogP contribution in [0.5, 0.6) is 0 Å². The van der Waals surface area contributed by atoms with Gasteiger partial charge in [0.15, 0.2) is 5.78 Å². The van der Waals surface area contributed by atoms with E-state index in [1.54, 1.807) is 0 Å². The third kappa shape index (κ3) is 1.78. The van der Waals surface area contributed by atoms with Gasteiger partial charge in [0.25, 0.3) is 0 Å². The molecule has 0 heterocycles. The van der Waals surface area contributed by atoms with Crippen LogP contribution in [0.2, 0.25) is 0 Å². The highest BCUT2D eigenvalue weighted by Crippen LogP contribution is 2.65. The molecule has 4 rings (SSSR count). The van der Waals surface area contributed by atoms with Crippen LogP contribution in [0, 0.1) is 28.6 Å². The van der Waals surface area contributed by atoms with Crippen LogP contribution in [0.1, 0.15) is 68.3 Å². The Hall–Kier alpha value is -0.670. The van der Waals surface area contributed by atoms with E-state index in [0.717, 1.165) is 0 Å². The topological polar surface area (TPSA) is 57.5 Å². The van der Waals surface area contributed by atoms with Crippen LogP contribution in [-0.4, -0.2) is 28.2 Å². The quantitative estimate of drug-likeness (QED) is 0.723. The molecule has 0 spiro atoms. The lowest BCUT2D eigenvalue weighted by Gasteiger charge is -2.58. The molecule has 3 heteroatoms. The first-order valence-corrected chi connectivity index (χ1v) is 8.17. The first-order chi connectivity index (χ1) is 13.1. The summed E-state index contributed by atoms with van der Waals surface area (Å²) in [6.07, 6.45) is -8.38. The monoisotopic (exact) mass is 311 g/mol. The zero-order valence-corrected chi connectivity index (χ0v) is 13.0. The normalized spacial score (nSPS) is 70.6. The second kappa shape index (κ2) is 4.67. The van der Waals surface area contributed by atoms with E-state index in [9.17, 15) is 15.0 Å². The Kier molecular flexibility index (Phi) is 1.91. The van der Waals surface area contributed by atoms with Crippen LogP contribution in [0.15, 0.2) is 11.6 Å². The molecule has 0 saturated heterocycles. The van der Waals surface area contributed by atoms with Gasteiger partial charge in [-0.15, -0.1) is 0 Å². The fourth-order valence-electron chi connectivity index (χ4n) is 5.47. The molecule has 0 radical (unpaired) electrons. The van der Waals surface area contributed by atoms with Gasteiger partial charge in [-0.05, 0) is 78.7 Å². The van der Waals surface area contributed by atoms with Crippen LogP contribution in [-0.2, 0) is 4.79 Å². The highest BCUT2D eigenvalue weighted by Gasteiger charge is 2.60. The molecular weight excluding hydrogens is 276 g/mol. The smallest absolute Gasteiger partial charge is 0.155 e. The van der Waals surface area contributed by atoms with Gasteiger partial charge in [0.1, 0.15) is 0 Å². The largest absolute Gasteiger partial charge is 0.393 e. The van der Waals surface area contributed by atoms with E-state index in [1.807, 2.05) is 6.92 Å². The fourth-order valence-corrected chi connectivity index (χ4v) is 5.47. The van der Waals surface area contributed by atoms with Crippen LogP contribution in [0.4, 0.5) is 0 Å². The second-order valence-corrected chi connectivity index (χ2v) is 7.76. The highest BCUT2D eigenvalue weighted by molar-refractivity contribution is 5.91. The van der Waals surface area contributed by atoms with Gasteiger partial charge in [-0.2, -0.15) is 0 Å². The summed E-state index contributed by atoms with van der Waals surface area (Å²) < 4.78 is 59.2. The zero-order valence-electron chi connectivity index (χ0n) is 20.0. The number of rotatable bonds is 0. The molecule has 22 heavy (non-hydrogen) atoms. The molecule has 4 aliphatic carbocycles. The van der Waals surface area contributed by atoms with Crippen molar-refractivity contribution >= 4 is 5.78 Å². The fraction of sp³-hybridized carbons (Fsp3) is 0.842. The third-order valence-electron chi connectivity index (χ3n) is 6.82. The lowest BCUT2D eigenvalue weighted by molar-refractivity contribution is -0.120. The second-order valence-electron chi connectivity index (χ2n) is 7.76. The van der Waals surface area contributed by atoms with Crippen LogP contribution in [0.3, 0.4) is 0 Å². The first kappa shape index (κ1) is 8.98. The van der Waals surface area contributed by atoms with Gasteiger partial charge in [-0.3, -0.25) is 4.79 Å². The Morgan fingerprint density at radius 1 is 1.32 bits per heavy atom. The predicted molar refractivity (Wildman–Crippen MR) is 84.1 cm³/mol. The van der Waals surface area contributed by atoms with Gasteiger partial charge in [0.05, 0.1) is 14.9 Å². The van der Waals surface area contributed by atoms with Crippen molar-refractivity contribution in [3.05, 3.63) is 11.6 Å². The summed E-state index contributed by atoms with van der Waals surface area (Å²) in [6.45, 7) is 3.35. The summed E-state index contributed by atoms with van der Waals surface area (Å²) in [5.41, 5.74) is -2.75. The van der Waals surface area contributed by atoms with Crippen molar-refractivity contribution in [1.29, 1.82) is 0 Å². The number of fused-ring (bicyclic) bond motifs is 5. The lowest BCUT2D eigenvalue weighted by Crippen LogP contribution is -2.54. The molecule has 4 aliphatic rings. The Morgan fingerprint density at radius 2 is 2.09 bits per heavy atom. The van der Waals surface area contributed by atoms with E-state index < -0.39 is 71.4 Å². The van der Waals surface area contributed by atoms with Gasteiger partial charge in [-0.1, -0.05) is 13.8 Å². The lowest BCUT2D eigenvalue weighted by atomic mass is 9.47. The van der Waals surface area contributed by atoms with Crippen molar-refractivity contribution in [2.24, 2.45) is 28.6 Å². The molecule has 0 aromatic carbocycles. The molecule has 2 N–H and O–H groups in total. The van der Waals surface area contributed by atoms with Gasteiger partial charge in [0, 0.05) is 13.2 Å². The Morgan fingerprint density at radius 3 is 2.86 bits per heavy atom. The molecule has 3 nitrogen and oxygen atoms in total. The van der Waals surface area contributed by atoms with Gasteiger partial charge in [-0.25, -0.2) is 0 Å². The van der Waals surface area contributed by atoms with E-state index in [-0.39, 0.29) is 5.92 Å². The minimum Gasteiger partial charge on any atom is -0.393 e. The van der Waals surface area contributed by atoms with Gasteiger partial charge >= 0.3 is 0 Å². The molecule has 0 amide bonds. The van der Waals surface area contributed by atoms with Gasteiger partial charge < -0.3 is 10.2 Å². The SMILES string of the molecule is [2H]C1=C2C([2H])(O)C([2H])[C@H]3[C@@H]4CC[C@H](O)[C@@]4(C)CC[C@@H]3[C@@]2(C)C([2H])([2H])C([2H])([2H])C1=O. The van der Waals surface area contributed by atoms with Crippen molar-refractivity contribution in [1.82, 2.24) is 0 Å². The average molecular weight is 311 g/mol. The van der Waals surface area contributed by atoms with E-state index in [2.05, 4.69) is 0 Å². The molecular formula is C19H28O3. The number of aliphatic hydroxyl groups is 2. The highest BCUT2D eigenvalue weighted by atomic mass is 16.3. The Balaban J connectivity index is 1.99. The van der Waals surface area contributed by atoms with E-state index >= 15 is 0 Å². The maximum atomic E-state index is 12.5. The number of carbonyl (C=O) groups excluding carboxylic acids is 1. The van der Waals surface area contributed by atoms with Crippen molar-refractivity contribution in [2.75, 3.05) is 0 Å². The summed E-state index contributed by atoms with van der Waals surface area (Å²) in [6, 6.07) is -0.874. The minimum atomic E-state index is -2.98. The van der Waals surface area contributed by atoms with Crippen molar-refractivity contribution in [2.45, 2.75) is 70.9 Å². The van der Waals surface area contributed by atoms with Crippen molar-refractivity contribution in [3.63, 3.8) is 0 Å². The number of aliphatic hydroxyl groups excluding tert-OH is 1. The minimum absolute atomic E-state index is 0.220. The molecule has 0 aromatic heterocycles. The Bertz CT molecular complexity index is 810.